The Bertz CT molecular complexity index is 1100. The Kier molecular flexibility index (Phi) is 4.38. The molecule has 0 spiro atoms. The van der Waals surface area contributed by atoms with Crippen LogP contribution in [0, 0.1) is 0 Å². The number of aromatic nitrogens is 1. The fourth-order valence-electron chi connectivity index (χ4n) is 3.51. The van der Waals surface area contributed by atoms with Crippen molar-refractivity contribution < 1.29 is 31.0 Å². The molecule has 2 aliphatic heterocycles. The van der Waals surface area contributed by atoms with Gasteiger partial charge in [0.05, 0.1) is 22.8 Å². The molecule has 11 heteroatoms. The van der Waals surface area contributed by atoms with Crippen LogP contribution in [0.3, 0.4) is 0 Å². The first kappa shape index (κ1) is 19.4. The van der Waals surface area contributed by atoms with Crippen LogP contribution in [-0.2, 0) is 6.18 Å². The molecule has 0 saturated heterocycles. The van der Waals surface area contributed by atoms with E-state index in [9.17, 15) is 13.2 Å². The van der Waals surface area contributed by atoms with Gasteiger partial charge in [0.15, 0.2) is 5.70 Å². The van der Waals surface area contributed by atoms with Gasteiger partial charge in [-0.25, -0.2) is 0 Å². The van der Waals surface area contributed by atoms with E-state index in [1.807, 2.05) is 0 Å². The van der Waals surface area contributed by atoms with Crippen molar-refractivity contribution in [1.82, 2.24) is 4.48 Å². The monoisotopic (exact) mass is 522 g/mol. The van der Waals surface area contributed by atoms with E-state index in [0.29, 0.717) is 8.96 Å². The van der Waals surface area contributed by atoms with E-state index >= 15 is 8.63 Å². The van der Waals surface area contributed by atoms with Crippen LogP contribution in [0.4, 0.5) is 21.8 Å². The van der Waals surface area contributed by atoms with Gasteiger partial charge in [-0.15, -0.1) is 0 Å². The molecule has 0 aliphatic carbocycles. The zero-order chi connectivity index (χ0) is 20.4. The lowest BCUT2D eigenvalue weighted by Gasteiger charge is -2.32. The molecule has 2 aliphatic rings. The summed E-state index contributed by atoms with van der Waals surface area (Å²) >= 11 is 6.18. The Hall–Kier alpha value is -1.88. The third-order valence-electron chi connectivity index (χ3n) is 4.67. The fraction of sp³-hybridized carbons (Fsp3) is 0.118. The number of ether oxygens (including phenoxy) is 1. The minimum absolute atomic E-state index is 0.0197. The van der Waals surface area contributed by atoms with Crippen molar-refractivity contribution in [1.29, 1.82) is 0 Å². The average molecular weight is 524 g/mol. The van der Waals surface area contributed by atoms with Crippen molar-refractivity contribution in [2.75, 3.05) is 7.11 Å². The van der Waals surface area contributed by atoms with Crippen LogP contribution >= 0.6 is 31.9 Å². The minimum atomic E-state index is -4.68. The zero-order valence-electron chi connectivity index (χ0n) is 14.1. The Morgan fingerprint density at radius 3 is 2.43 bits per heavy atom. The summed E-state index contributed by atoms with van der Waals surface area (Å²) in [7, 11) is 1.33. The third kappa shape index (κ3) is 2.70. The predicted molar refractivity (Wildman–Crippen MR) is 103 cm³/mol. The number of alkyl halides is 3. The SMILES string of the molecule is COc1ccc(C(F)(F)F)c(C2=C3C=CC(Br)=[N+]3[B-](F)(F)n3c(Br)ccc32)c1. The zero-order valence-corrected chi connectivity index (χ0v) is 17.2. The highest BCUT2D eigenvalue weighted by Gasteiger charge is 2.54. The first-order chi connectivity index (χ1) is 13.1. The second-order valence-corrected chi connectivity index (χ2v) is 7.82. The molecule has 0 radical (unpaired) electrons. The molecule has 1 aromatic carbocycles. The highest BCUT2D eigenvalue weighted by molar-refractivity contribution is 9.18. The van der Waals surface area contributed by atoms with Crippen LogP contribution in [0.1, 0.15) is 16.8 Å². The molecule has 28 heavy (non-hydrogen) atoms. The smallest absolute Gasteiger partial charge is 0.497 e. The molecule has 4 rings (SSSR count). The number of halogens is 7. The summed E-state index contributed by atoms with van der Waals surface area (Å²) in [5.41, 5.74) is -1.18. The van der Waals surface area contributed by atoms with Gasteiger partial charge < -0.3 is 22.3 Å². The van der Waals surface area contributed by atoms with E-state index < -0.39 is 18.7 Å². The van der Waals surface area contributed by atoms with Gasteiger partial charge in [-0.05, 0) is 46.3 Å². The molecule has 0 unspecified atom stereocenters. The summed E-state index contributed by atoms with van der Waals surface area (Å²) in [5, 5.41) is 0. The van der Waals surface area contributed by atoms with E-state index in [0.717, 1.165) is 6.07 Å². The fourth-order valence-corrected chi connectivity index (χ4v) is 4.65. The number of rotatable bonds is 2. The van der Waals surface area contributed by atoms with Crippen molar-refractivity contribution in [2.45, 2.75) is 6.18 Å². The van der Waals surface area contributed by atoms with E-state index in [1.54, 1.807) is 0 Å². The van der Waals surface area contributed by atoms with Gasteiger partial charge in [0.2, 0.25) is 4.62 Å². The number of fused-ring (bicyclic) bond motifs is 2. The van der Waals surface area contributed by atoms with E-state index in [-0.39, 0.29) is 37.5 Å². The van der Waals surface area contributed by atoms with Crippen molar-refractivity contribution in [3.63, 3.8) is 0 Å². The molecule has 146 valence electrons. The van der Waals surface area contributed by atoms with E-state index in [2.05, 4.69) is 31.9 Å². The maximum absolute atomic E-state index is 15.2. The average Bonchev–Trinajstić information content (AvgIpc) is 3.18. The van der Waals surface area contributed by atoms with E-state index in [4.69, 9.17) is 4.74 Å². The second kappa shape index (κ2) is 6.31. The molecular formula is C17H10BBr2F5N2O. The van der Waals surface area contributed by atoms with Crippen LogP contribution in [0.2, 0.25) is 0 Å². The molecule has 0 bridgehead atoms. The number of hydrogen-bond acceptors (Lipinski definition) is 1. The van der Waals surface area contributed by atoms with Gasteiger partial charge in [0.1, 0.15) is 5.75 Å². The Morgan fingerprint density at radius 2 is 1.79 bits per heavy atom. The minimum Gasteiger partial charge on any atom is -0.497 e. The molecule has 0 N–H and O–H groups in total. The van der Waals surface area contributed by atoms with Crippen LogP contribution in [-0.4, -0.2) is 27.7 Å². The van der Waals surface area contributed by atoms with Crippen LogP contribution in [0.5, 0.6) is 5.75 Å². The first-order valence-electron chi connectivity index (χ1n) is 7.96. The summed E-state index contributed by atoms with van der Waals surface area (Å²) < 4.78 is 78.2. The Morgan fingerprint density at radius 1 is 1.07 bits per heavy atom. The lowest BCUT2D eigenvalue weighted by molar-refractivity contribution is -0.358. The normalized spacial score (nSPS) is 17.9. The van der Waals surface area contributed by atoms with Gasteiger partial charge in [-0.2, -0.15) is 13.2 Å². The molecule has 3 nitrogen and oxygen atoms in total. The number of allylic oxidation sites excluding steroid dienone is 2. The van der Waals surface area contributed by atoms with Crippen molar-refractivity contribution in [3.05, 3.63) is 69.6 Å². The predicted octanol–water partition coefficient (Wildman–Crippen LogP) is 5.65. The van der Waals surface area contributed by atoms with Crippen LogP contribution in [0.15, 0.2) is 52.8 Å². The molecule has 2 aromatic rings. The quantitative estimate of drug-likeness (QED) is 0.367. The van der Waals surface area contributed by atoms with Crippen molar-refractivity contribution in [3.8, 4) is 5.75 Å². The number of methoxy groups -OCH3 is 1. The van der Waals surface area contributed by atoms with Crippen molar-refractivity contribution >= 4 is 49.0 Å². The lowest BCUT2D eigenvalue weighted by Crippen LogP contribution is -2.50. The summed E-state index contributed by atoms with van der Waals surface area (Å²) in [6.45, 7) is -4.31. The number of benzene rings is 1. The maximum atomic E-state index is 15.2. The summed E-state index contributed by atoms with van der Waals surface area (Å²) in [4.78, 5) is 0. The third-order valence-corrected chi connectivity index (χ3v) is 5.96. The second-order valence-electron chi connectivity index (χ2n) is 6.20. The van der Waals surface area contributed by atoms with Gasteiger partial charge in [-0.3, -0.25) is 0 Å². The van der Waals surface area contributed by atoms with Crippen LogP contribution in [0.25, 0.3) is 5.57 Å². The maximum Gasteiger partial charge on any atom is 0.738 e. The lowest BCUT2D eigenvalue weighted by atomic mass is 9.85. The summed E-state index contributed by atoms with van der Waals surface area (Å²) in [6.07, 6.45) is -1.92. The molecule has 0 saturated carbocycles. The molecular weight excluding hydrogens is 514 g/mol. The standard InChI is InChI=1S/C17H10BBr2F5N2O/c1-28-9-2-3-11(17(21,22)23)10(8-9)16-12-4-6-14(19)26(12)18(24,25)27-13(16)5-7-15(27)20/h2-8H,1H3. The highest BCUT2D eigenvalue weighted by atomic mass is 79.9. The van der Waals surface area contributed by atoms with Gasteiger partial charge in [0.25, 0.3) is 0 Å². The number of hydrogen-bond donors (Lipinski definition) is 0. The van der Waals surface area contributed by atoms with Gasteiger partial charge in [-0.1, -0.05) is 0 Å². The molecule has 0 atom stereocenters. The topological polar surface area (TPSA) is 17.2 Å². The van der Waals surface area contributed by atoms with Crippen LogP contribution < -0.4 is 4.74 Å². The molecule has 1 aromatic heterocycles. The van der Waals surface area contributed by atoms with Gasteiger partial charge >= 0.3 is 13.1 Å². The summed E-state index contributed by atoms with van der Waals surface area (Å²) in [5.74, 6) is 0.188. The van der Waals surface area contributed by atoms with Gasteiger partial charge in [0, 0.05) is 39.3 Å². The largest absolute Gasteiger partial charge is 0.738 e. The molecule has 0 fully saturated rings. The Labute approximate surface area is 173 Å². The first-order valence-corrected chi connectivity index (χ1v) is 9.55. The van der Waals surface area contributed by atoms with E-state index in [1.165, 1.54) is 43.5 Å². The molecule has 0 amide bonds. The molecule has 3 heterocycles. The van der Waals surface area contributed by atoms with Crippen molar-refractivity contribution in [2.24, 2.45) is 0 Å². The summed E-state index contributed by atoms with van der Waals surface area (Å²) in [6, 6.07) is 6.06. The Balaban J connectivity index is 2.14. The highest BCUT2D eigenvalue weighted by Crippen LogP contribution is 2.46. The number of nitrogens with zero attached hydrogens (tertiary/aromatic N) is 2.